The van der Waals surface area contributed by atoms with Gasteiger partial charge in [-0.3, -0.25) is 4.79 Å². The van der Waals surface area contributed by atoms with Gasteiger partial charge < -0.3 is 15.5 Å². The molecule has 0 spiro atoms. The zero-order chi connectivity index (χ0) is 14.0. The van der Waals surface area contributed by atoms with Gasteiger partial charge in [-0.05, 0) is 51.2 Å². The summed E-state index contributed by atoms with van der Waals surface area (Å²) in [6.45, 7) is 1.96. The van der Waals surface area contributed by atoms with Gasteiger partial charge in [-0.1, -0.05) is 0 Å². The van der Waals surface area contributed by atoms with Crippen LogP contribution in [0.15, 0.2) is 18.2 Å². The lowest BCUT2D eigenvalue weighted by Crippen LogP contribution is -2.44. The number of likely N-dealkylation sites (tertiary alicyclic amines) is 1. The van der Waals surface area contributed by atoms with Gasteiger partial charge >= 0.3 is 0 Å². The van der Waals surface area contributed by atoms with Gasteiger partial charge in [0.2, 0.25) is 0 Å². The number of benzene rings is 1. The van der Waals surface area contributed by atoms with Crippen LogP contribution in [0.4, 0.5) is 10.1 Å². The first-order chi connectivity index (χ1) is 8.97. The summed E-state index contributed by atoms with van der Waals surface area (Å²) in [7, 11) is 3.85. The number of carbonyl (C=O) groups excluding carboxylic acids is 1. The second kappa shape index (κ2) is 5.57. The lowest BCUT2D eigenvalue weighted by atomic mass is 10.0. The standard InChI is InChI=1S/C14H20FN3O/c1-17-5-3-13(4-6-17)18(2)14(19)10-7-11(15)9-12(16)8-10/h7-9,13H,3-6,16H2,1-2H3. The van der Waals surface area contributed by atoms with Gasteiger partial charge in [-0.2, -0.15) is 0 Å². The van der Waals surface area contributed by atoms with Crippen LogP contribution >= 0.6 is 0 Å². The van der Waals surface area contributed by atoms with E-state index in [-0.39, 0.29) is 17.6 Å². The summed E-state index contributed by atoms with van der Waals surface area (Å²) in [5.74, 6) is -0.638. The summed E-state index contributed by atoms with van der Waals surface area (Å²) in [6, 6.07) is 4.20. The molecule has 2 N–H and O–H groups in total. The number of anilines is 1. The number of nitrogens with two attached hydrogens (primary N) is 1. The fourth-order valence-electron chi connectivity index (χ4n) is 2.49. The first-order valence-corrected chi connectivity index (χ1v) is 6.49. The SMILES string of the molecule is CN1CCC(N(C)C(=O)c2cc(N)cc(F)c2)CC1. The molecule has 1 aliphatic heterocycles. The third-order valence-electron chi connectivity index (χ3n) is 3.72. The first-order valence-electron chi connectivity index (χ1n) is 6.49. The van der Waals surface area contributed by atoms with Crippen LogP contribution in [0.5, 0.6) is 0 Å². The van der Waals surface area contributed by atoms with Crippen LogP contribution in [0.25, 0.3) is 0 Å². The number of carbonyl (C=O) groups is 1. The molecule has 1 fully saturated rings. The van der Waals surface area contributed by atoms with Crippen LogP contribution in [-0.4, -0.2) is 48.9 Å². The maximum absolute atomic E-state index is 13.3. The van der Waals surface area contributed by atoms with E-state index in [0.717, 1.165) is 25.9 Å². The number of hydrogen-bond acceptors (Lipinski definition) is 3. The zero-order valence-corrected chi connectivity index (χ0v) is 11.4. The van der Waals surface area contributed by atoms with E-state index in [1.807, 2.05) is 0 Å². The molecule has 1 aliphatic rings. The van der Waals surface area contributed by atoms with Crippen molar-refractivity contribution in [2.24, 2.45) is 0 Å². The molecule has 19 heavy (non-hydrogen) atoms. The number of piperidine rings is 1. The molecule has 0 aliphatic carbocycles. The van der Waals surface area contributed by atoms with Crippen molar-refractivity contribution in [1.29, 1.82) is 0 Å². The molecule has 0 bridgehead atoms. The molecule has 1 aromatic rings. The monoisotopic (exact) mass is 265 g/mol. The molecule has 0 aromatic heterocycles. The largest absolute Gasteiger partial charge is 0.399 e. The maximum Gasteiger partial charge on any atom is 0.254 e. The summed E-state index contributed by atoms with van der Waals surface area (Å²) in [5, 5.41) is 0. The van der Waals surface area contributed by atoms with E-state index in [1.165, 1.54) is 18.2 Å². The number of amides is 1. The van der Waals surface area contributed by atoms with Crippen LogP contribution in [0.2, 0.25) is 0 Å². The smallest absolute Gasteiger partial charge is 0.254 e. The average Bonchev–Trinajstić information content (AvgIpc) is 2.37. The summed E-state index contributed by atoms with van der Waals surface area (Å²) in [4.78, 5) is 16.3. The Morgan fingerprint density at radius 3 is 2.58 bits per heavy atom. The van der Waals surface area contributed by atoms with Gasteiger partial charge in [0, 0.05) is 24.3 Å². The number of rotatable bonds is 2. The normalized spacial score (nSPS) is 17.4. The molecule has 0 unspecified atom stereocenters. The highest BCUT2D eigenvalue weighted by atomic mass is 19.1. The van der Waals surface area contributed by atoms with Crippen LogP contribution in [0, 0.1) is 5.82 Å². The maximum atomic E-state index is 13.3. The fourth-order valence-corrected chi connectivity index (χ4v) is 2.49. The molecule has 5 heteroatoms. The van der Waals surface area contributed by atoms with Crippen molar-refractivity contribution in [2.45, 2.75) is 18.9 Å². The number of halogens is 1. The molecule has 1 heterocycles. The lowest BCUT2D eigenvalue weighted by molar-refractivity contribution is 0.0659. The Balaban J connectivity index is 2.10. The van der Waals surface area contributed by atoms with Crippen LogP contribution in [-0.2, 0) is 0 Å². The van der Waals surface area contributed by atoms with Gasteiger partial charge in [0.05, 0.1) is 0 Å². The van der Waals surface area contributed by atoms with Crippen molar-refractivity contribution >= 4 is 11.6 Å². The minimum absolute atomic E-state index is 0.166. The minimum atomic E-state index is -0.472. The molecule has 0 atom stereocenters. The minimum Gasteiger partial charge on any atom is -0.399 e. The summed E-state index contributed by atoms with van der Waals surface area (Å²) < 4.78 is 13.3. The molecule has 1 aromatic carbocycles. The highest BCUT2D eigenvalue weighted by Gasteiger charge is 2.25. The number of nitrogens with zero attached hydrogens (tertiary/aromatic N) is 2. The van der Waals surface area contributed by atoms with E-state index < -0.39 is 5.82 Å². The highest BCUT2D eigenvalue weighted by Crippen LogP contribution is 2.18. The van der Waals surface area contributed by atoms with Crippen molar-refractivity contribution in [1.82, 2.24) is 9.80 Å². The molecule has 2 rings (SSSR count). The van der Waals surface area contributed by atoms with Crippen molar-refractivity contribution < 1.29 is 9.18 Å². The third-order valence-corrected chi connectivity index (χ3v) is 3.72. The predicted octanol–water partition coefficient (Wildman–Crippen LogP) is 1.57. The van der Waals surface area contributed by atoms with Crippen LogP contribution < -0.4 is 5.73 Å². The Bertz CT molecular complexity index is 450. The van der Waals surface area contributed by atoms with Gasteiger partial charge in [-0.15, -0.1) is 0 Å². The Morgan fingerprint density at radius 2 is 2.00 bits per heavy atom. The molecular formula is C14H20FN3O. The van der Waals surface area contributed by atoms with Crippen molar-refractivity contribution in [3.05, 3.63) is 29.6 Å². The number of hydrogen-bond donors (Lipinski definition) is 1. The van der Waals surface area contributed by atoms with E-state index in [4.69, 9.17) is 5.73 Å². The van der Waals surface area contributed by atoms with Gasteiger partial charge in [0.25, 0.3) is 5.91 Å². The molecule has 0 radical (unpaired) electrons. The van der Waals surface area contributed by atoms with Crippen LogP contribution in [0.1, 0.15) is 23.2 Å². The fraction of sp³-hybridized carbons (Fsp3) is 0.500. The quantitative estimate of drug-likeness (QED) is 0.826. The van der Waals surface area contributed by atoms with Gasteiger partial charge in [0.15, 0.2) is 0 Å². The Hall–Kier alpha value is -1.62. The topological polar surface area (TPSA) is 49.6 Å². The molecular weight excluding hydrogens is 245 g/mol. The van der Waals surface area contributed by atoms with Crippen molar-refractivity contribution in [3.8, 4) is 0 Å². The van der Waals surface area contributed by atoms with Crippen molar-refractivity contribution in [2.75, 3.05) is 32.9 Å². The van der Waals surface area contributed by atoms with Gasteiger partial charge in [-0.25, -0.2) is 4.39 Å². The molecule has 104 valence electrons. The van der Waals surface area contributed by atoms with Crippen molar-refractivity contribution in [3.63, 3.8) is 0 Å². The first kappa shape index (κ1) is 13.8. The summed E-state index contributed by atoms with van der Waals surface area (Å²) >= 11 is 0. The van der Waals surface area contributed by atoms with E-state index in [0.29, 0.717) is 5.56 Å². The Labute approximate surface area is 113 Å². The summed E-state index contributed by atoms with van der Waals surface area (Å²) in [6.07, 6.45) is 1.90. The molecule has 1 amide bonds. The second-order valence-corrected chi connectivity index (χ2v) is 5.22. The average molecular weight is 265 g/mol. The van der Waals surface area contributed by atoms with E-state index >= 15 is 0 Å². The summed E-state index contributed by atoms with van der Waals surface area (Å²) in [5.41, 5.74) is 6.17. The third kappa shape index (κ3) is 3.23. The zero-order valence-electron chi connectivity index (χ0n) is 11.4. The van der Waals surface area contributed by atoms with E-state index in [1.54, 1.807) is 11.9 Å². The Kier molecular flexibility index (Phi) is 4.04. The molecule has 1 saturated heterocycles. The highest BCUT2D eigenvalue weighted by molar-refractivity contribution is 5.95. The Morgan fingerprint density at radius 1 is 1.37 bits per heavy atom. The van der Waals surface area contributed by atoms with Crippen LogP contribution in [0.3, 0.4) is 0 Å². The van der Waals surface area contributed by atoms with E-state index in [9.17, 15) is 9.18 Å². The predicted molar refractivity (Wildman–Crippen MR) is 73.4 cm³/mol. The van der Waals surface area contributed by atoms with Gasteiger partial charge in [0.1, 0.15) is 5.82 Å². The van der Waals surface area contributed by atoms with E-state index in [2.05, 4.69) is 11.9 Å². The second-order valence-electron chi connectivity index (χ2n) is 5.22. The lowest BCUT2D eigenvalue weighted by Gasteiger charge is -2.35. The molecule has 4 nitrogen and oxygen atoms in total. The molecule has 0 saturated carbocycles. The number of nitrogen functional groups attached to an aromatic ring is 1.